The highest BCUT2D eigenvalue weighted by Crippen LogP contribution is 2.37. The highest BCUT2D eigenvalue weighted by molar-refractivity contribution is 8.04. The summed E-state index contributed by atoms with van der Waals surface area (Å²) in [5.41, 5.74) is 4.79. The minimum atomic E-state index is -0.919. The van der Waals surface area contributed by atoms with Crippen molar-refractivity contribution in [3.05, 3.63) is 106 Å². The largest absolute Gasteiger partial charge is 0.477 e. The molecule has 26 heavy (non-hydrogen) atoms. The molecule has 0 bridgehead atoms. The van der Waals surface area contributed by atoms with Gasteiger partial charge in [0, 0.05) is 10.5 Å². The number of thioether (sulfide) groups is 1. The van der Waals surface area contributed by atoms with E-state index in [-0.39, 0.29) is 0 Å². The molecule has 3 aromatic rings. The summed E-state index contributed by atoms with van der Waals surface area (Å²) in [6.45, 7) is 4.03. The van der Waals surface area contributed by atoms with Crippen molar-refractivity contribution in [1.29, 1.82) is 0 Å². The fourth-order valence-electron chi connectivity index (χ4n) is 2.79. The lowest BCUT2D eigenvalue weighted by Crippen LogP contribution is -2.04. The molecule has 0 atom stereocenters. The molecule has 0 aliphatic heterocycles. The molecule has 3 aromatic carbocycles. The molecule has 2 nitrogen and oxygen atoms in total. The molecule has 0 aliphatic rings. The Balaban J connectivity index is 2.22. The van der Waals surface area contributed by atoms with Crippen molar-refractivity contribution in [2.75, 3.05) is 0 Å². The van der Waals surface area contributed by atoms with Crippen LogP contribution in [0.5, 0.6) is 0 Å². The topological polar surface area (TPSA) is 37.3 Å². The zero-order valence-electron chi connectivity index (χ0n) is 14.8. The second kappa shape index (κ2) is 8.07. The van der Waals surface area contributed by atoms with Crippen molar-refractivity contribution >= 4 is 23.3 Å². The number of carboxylic acid groups (broad SMARTS) is 1. The van der Waals surface area contributed by atoms with Crippen LogP contribution in [0.3, 0.4) is 0 Å². The minimum absolute atomic E-state index is 0.328. The number of rotatable bonds is 5. The minimum Gasteiger partial charge on any atom is -0.477 e. The first kappa shape index (κ1) is 18.0. The molecular weight excluding hydrogens is 340 g/mol. The quantitative estimate of drug-likeness (QED) is 0.452. The van der Waals surface area contributed by atoms with Gasteiger partial charge in [0.15, 0.2) is 0 Å². The number of carbonyl (C=O) groups is 1. The standard InChI is InChI=1S/C23H20O2S/c1-16-12-14-19(15-13-16)26-22(23(24)25)21(18-9-4-3-5-10-18)20-11-7-6-8-17(20)2/h3-15H,1-2H3,(H,24,25)/b22-21+. The Kier molecular flexibility index (Phi) is 5.59. The number of benzene rings is 3. The normalized spacial score (nSPS) is 11.8. The third-order valence-corrected chi connectivity index (χ3v) is 5.23. The van der Waals surface area contributed by atoms with Crippen LogP contribution < -0.4 is 0 Å². The van der Waals surface area contributed by atoms with E-state index >= 15 is 0 Å². The van der Waals surface area contributed by atoms with E-state index in [1.807, 2.05) is 92.7 Å². The lowest BCUT2D eigenvalue weighted by atomic mass is 9.94. The molecule has 0 spiro atoms. The molecule has 0 fully saturated rings. The molecule has 1 N–H and O–H groups in total. The van der Waals surface area contributed by atoms with Gasteiger partial charge in [0.1, 0.15) is 4.91 Å². The summed E-state index contributed by atoms with van der Waals surface area (Å²) in [6.07, 6.45) is 0. The molecular formula is C23H20O2S. The third kappa shape index (κ3) is 4.06. The van der Waals surface area contributed by atoms with Gasteiger partial charge in [-0.05, 0) is 42.7 Å². The highest BCUT2D eigenvalue weighted by atomic mass is 32.2. The van der Waals surface area contributed by atoms with Crippen LogP contribution in [0.2, 0.25) is 0 Å². The summed E-state index contributed by atoms with van der Waals surface area (Å²) in [5, 5.41) is 9.99. The molecule has 0 heterocycles. The molecule has 0 saturated carbocycles. The average molecular weight is 360 g/mol. The Morgan fingerprint density at radius 1 is 0.808 bits per heavy atom. The van der Waals surface area contributed by atoms with Gasteiger partial charge in [-0.2, -0.15) is 0 Å². The molecule has 0 amide bonds. The summed E-state index contributed by atoms with van der Waals surface area (Å²) >= 11 is 1.29. The Morgan fingerprint density at radius 2 is 1.42 bits per heavy atom. The second-order valence-corrected chi connectivity index (χ2v) is 7.19. The fraction of sp³-hybridized carbons (Fsp3) is 0.0870. The van der Waals surface area contributed by atoms with Crippen molar-refractivity contribution in [2.45, 2.75) is 18.7 Å². The summed E-state index contributed by atoms with van der Waals surface area (Å²) in [5.74, 6) is -0.919. The van der Waals surface area contributed by atoms with E-state index in [2.05, 4.69) is 0 Å². The van der Waals surface area contributed by atoms with Crippen LogP contribution in [0.15, 0.2) is 88.7 Å². The first-order valence-corrected chi connectivity index (χ1v) is 9.21. The predicted octanol–water partition coefficient (Wildman–Crippen LogP) is 5.94. The van der Waals surface area contributed by atoms with Gasteiger partial charge >= 0.3 is 5.97 Å². The van der Waals surface area contributed by atoms with Crippen molar-refractivity contribution in [2.24, 2.45) is 0 Å². The lowest BCUT2D eigenvalue weighted by Gasteiger charge is -2.15. The van der Waals surface area contributed by atoms with Gasteiger partial charge in [0.2, 0.25) is 0 Å². The van der Waals surface area contributed by atoms with Crippen molar-refractivity contribution in [3.63, 3.8) is 0 Å². The van der Waals surface area contributed by atoms with Gasteiger partial charge in [-0.15, -0.1) is 0 Å². The summed E-state index contributed by atoms with van der Waals surface area (Å²) in [7, 11) is 0. The Labute approximate surface area is 158 Å². The van der Waals surface area contributed by atoms with Gasteiger partial charge < -0.3 is 5.11 Å². The first-order valence-electron chi connectivity index (χ1n) is 8.40. The molecule has 0 saturated heterocycles. The second-order valence-electron chi connectivity index (χ2n) is 6.11. The van der Waals surface area contributed by atoms with E-state index in [0.29, 0.717) is 4.91 Å². The number of hydrogen-bond donors (Lipinski definition) is 1. The highest BCUT2D eigenvalue weighted by Gasteiger charge is 2.20. The van der Waals surface area contributed by atoms with Gasteiger partial charge in [-0.25, -0.2) is 4.79 Å². The van der Waals surface area contributed by atoms with Crippen LogP contribution in [0, 0.1) is 13.8 Å². The van der Waals surface area contributed by atoms with Crippen LogP contribution in [-0.2, 0) is 4.79 Å². The van der Waals surface area contributed by atoms with Crippen LogP contribution in [0.1, 0.15) is 22.3 Å². The molecule has 130 valence electrons. The van der Waals surface area contributed by atoms with Gasteiger partial charge in [-0.3, -0.25) is 0 Å². The average Bonchev–Trinajstić information content (AvgIpc) is 2.65. The van der Waals surface area contributed by atoms with Crippen LogP contribution in [0.4, 0.5) is 0 Å². The number of aliphatic carboxylic acids is 1. The zero-order chi connectivity index (χ0) is 18.5. The fourth-order valence-corrected chi connectivity index (χ4v) is 3.72. The van der Waals surface area contributed by atoms with Gasteiger partial charge in [0.25, 0.3) is 0 Å². The number of carboxylic acids is 1. The smallest absolute Gasteiger partial charge is 0.343 e. The maximum Gasteiger partial charge on any atom is 0.343 e. The predicted molar refractivity (Wildman–Crippen MR) is 108 cm³/mol. The number of aryl methyl sites for hydroxylation is 2. The van der Waals surface area contributed by atoms with Crippen molar-refractivity contribution in [1.82, 2.24) is 0 Å². The van der Waals surface area contributed by atoms with E-state index in [0.717, 1.165) is 32.7 Å². The molecule has 0 unspecified atom stereocenters. The number of hydrogen-bond acceptors (Lipinski definition) is 2. The Bertz CT molecular complexity index is 941. The van der Waals surface area contributed by atoms with Crippen LogP contribution in [-0.4, -0.2) is 11.1 Å². The summed E-state index contributed by atoms with van der Waals surface area (Å²) < 4.78 is 0. The molecule has 0 radical (unpaired) electrons. The van der Waals surface area contributed by atoms with Gasteiger partial charge in [-0.1, -0.05) is 84.1 Å². The first-order chi connectivity index (χ1) is 12.6. The molecule has 0 aromatic heterocycles. The Morgan fingerprint density at radius 3 is 2.04 bits per heavy atom. The van der Waals surface area contributed by atoms with Crippen molar-refractivity contribution < 1.29 is 9.90 Å². The summed E-state index contributed by atoms with van der Waals surface area (Å²) in [6, 6.07) is 25.5. The lowest BCUT2D eigenvalue weighted by molar-refractivity contribution is -0.131. The van der Waals surface area contributed by atoms with Crippen molar-refractivity contribution in [3.8, 4) is 0 Å². The Hall–Kier alpha value is -2.78. The zero-order valence-corrected chi connectivity index (χ0v) is 15.6. The van der Waals surface area contributed by atoms with E-state index in [9.17, 15) is 9.90 Å². The maximum atomic E-state index is 12.2. The summed E-state index contributed by atoms with van der Waals surface area (Å²) in [4.78, 5) is 13.4. The van der Waals surface area contributed by atoms with E-state index in [4.69, 9.17) is 0 Å². The van der Waals surface area contributed by atoms with Gasteiger partial charge in [0.05, 0.1) is 0 Å². The SMILES string of the molecule is Cc1ccc(S/C(C(=O)O)=C(\c2ccccc2)c2ccccc2C)cc1. The maximum absolute atomic E-state index is 12.2. The van der Waals surface area contributed by atoms with E-state index in [1.54, 1.807) is 0 Å². The molecule has 3 heteroatoms. The van der Waals surface area contributed by atoms with E-state index < -0.39 is 5.97 Å². The van der Waals surface area contributed by atoms with E-state index in [1.165, 1.54) is 11.8 Å². The molecule has 0 aliphatic carbocycles. The van der Waals surface area contributed by atoms with Crippen LogP contribution >= 0.6 is 11.8 Å². The monoisotopic (exact) mass is 360 g/mol. The third-order valence-electron chi connectivity index (χ3n) is 4.14. The van der Waals surface area contributed by atoms with Crippen LogP contribution in [0.25, 0.3) is 5.57 Å². The molecule has 3 rings (SSSR count).